The van der Waals surface area contributed by atoms with Crippen LogP contribution >= 0.6 is 0 Å². The Bertz CT molecular complexity index is 337. The van der Waals surface area contributed by atoms with Gasteiger partial charge in [-0.3, -0.25) is 4.79 Å². The molecule has 0 bridgehead atoms. The number of terminal acetylenes is 1. The zero-order valence-electron chi connectivity index (χ0n) is 7.20. The zero-order valence-corrected chi connectivity index (χ0v) is 7.20. The molecule has 68 valence electrons. The zero-order chi connectivity index (χ0) is 9.68. The van der Waals surface area contributed by atoms with E-state index in [1.54, 1.807) is 6.92 Å². The van der Waals surface area contributed by atoms with Crippen LogP contribution in [0.1, 0.15) is 22.9 Å². The molecule has 0 fully saturated rings. The first-order valence-corrected chi connectivity index (χ1v) is 3.76. The highest BCUT2D eigenvalue weighted by Gasteiger charge is 2.10. The van der Waals surface area contributed by atoms with Gasteiger partial charge in [0.2, 0.25) is 5.89 Å². The topological polar surface area (TPSA) is 68.0 Å². The van der Waals surface area contributed by atoms with Crippen LogP contribution in [0.5, 0.6) is 0 Å². The fourth-order valence-corrected chi connectivity index (χ4v) is 0.719. The molecule has 0 radical (unpaired) electrons. The Hall–Kier alpha value is -1.83. The lowest BCUT2D eigenvalue weighted by molar-refractivity contribution is 0.0941. The van der Waals surface area contributed by atoms with Crippen LogP contribution in [0.15, 0.2) is 4.52 Å². The second-order valence-corrected chi connectivity index (χ2v) is 2.35. The van der Waals surface area contributed by atoms with Crippen molar-refractivity contribution in [3.63, 3.8) is 0 Å². The first kappa shape index (κ1) is 9.26. The van der Waals surface area contributed by atoms with Gasteiger partial charge in [0.05, 0.1) is 0 Å². The molecule has 1 aromatic heterocycles. The molecule has 1 amide bonds. The molecule has 13 heavy (non-hydrogen) atoms. The molecule has 0 aliphatic heterocycles. The molecule has 0 saturated carbocycles. The fraction of sp³-hybridized carbons (Fsp3) is 0.375. The van der Waals surface area contributed by atoms with Crippen molar-refractivity contribution in [1.29, 1.82) is 0 Å². The maximum atomic E-state index is 11.2. The van der Waals surface area contributed by atoms with Crippen molar-refractivity contribution < 1.29 is 9.32 Å². The molecule has 0 aromatic carbocycles. The second-order valence-electron chi connectivity index (χ2n) is 2.35. The molecule has 0 aliphatic carbocycles. The molecule has 1 heterocycles. The van der Waals surface area contributed by atoms with E-state index in [-0.39, 0.29) is 11.7 Å². The van der Waals surface area contributed by atoms with Crippen LogP contribution in [0.3, 0.4) is 0 Å². The smallest absolute Gasteiger partial charge is 0.292 e. The van der Waals surface area contributed by atoms with Gasteiger partial charge in [0.1, 0.15) is 0 Å². The summed E-state index contributed by atoms with van der Waals surface area (Å²) < 4.78 is 4.63. The van der Waals surface area contributed by atoms with Gasteiger partial charge in [-0.25, -0.2) is 0 Å². The van der Waals surface area contributed by atoms with Gasteiger partial charge in [0, 0.05) is 19.9 Å². The van der Waals surface area contributed by atoms with E-state index in [0.29, 0.717) is 18.9 Å². The summed E-state index contributed by atoms with van der Waals surface area (Å²) in [6, 6.07) is 0. The Morgan fingerprint density at radius 3 is 3.08 bits per heavy atom. The van der Waals surface area contributed by atoms with Gasteiger partial charge >= 0.3 is 0 Å². The third kappa shape index (κ3) is 2.60. The van der Waals surface area contributed by atoms with Gasteiger partial charge in [-0.15, -0.1) is 12.3 Å². The lowest BCUT2D eigenvalue weighted by Crippen LogP contribution is -2.25. The number of aryl methyl sites for hydroxylation is 1. The van der Waals surface area contributed by atoms with Crippen LogP contribution in [0.4, 0.5) is 0 Å². The molecule has 5 nitrogen and oxygen atoms in total. The van der Waals surface area contributed by atoms with E-state index in [2.05, 4.69) is 25.9 Å². The lowest BCUT2D eigenvalue weighted by atomic mass is 10.4. The summed E-state index contributed by atoms with van der Waals surface area (Å²) in [4.78, 5) is 14.9. The molecule has 0 atom stereocenters. The van der Waals surface area contributed by atoms with Gasteiger partial charge in [-0.1, -0.05) is 5.16 Å². The van der Waals surface area contributed by atoms with E-state index in [0.717, 1.165) is 0 Å². The molecule has 1 rings (SSSR count). The maximum absolute atomic E-state index is 11.2. The van der Waals surface area contributed by atoms with Crippen LogP contribution in [-0.4, -0.2) is 22.6 Å². The Morgan fingerprint density at radius 2 is 2.54 bits per heavy atom. The second kappa shape index (κ2) is 4.26. The molecule has 1 aromatic rings. The summed E-state index contributed by atoms with van der Waals surface area (Å²) in [5.41, 5.74) is 0. The minimum absolute atomic E-state index is 0.0366. The normalized spacial score (nSPS) is 9.23. The minimum Gasteiger partial charge on any atom is -0.348 e. The van der Waals surface area contributed by atoms with E-state index in [1.165, 1.54) is 0 Å². The molecule has 0 unspecified atom stereocenters. The fourth-order valence-electron chi connectivity index (χ4n) is 0.719. The Morgan fingerprint density at radius 1 is 1.77 bits per heavy atom. The van der Waals surface area contributed by atoms with Gasteiger partial charge < -0.3 is 9.84 Å². The number of hydrogen-bond donors (Lipinski definition) is 1. The first-order chi connectivity index (χ1) is 6.24. The molecule has 0 spiro atoms. The Balaban J connectivity index is 2.45. The van der Waals surface area contributed by atoms with E-state index in [4.69, 9.17) is 6.42 Å². The quantitative estimate of drug-likeness (QED) is 0.529. The van der Waals surface area contributed by atoms with Crippen molar-refractivity contribution in [2.75, 3.05) is 6.54 Å². The van der Waals surface area contributed by atoms with Crippen LogP contribution in [0, 0.1) is 19.3 Å². The van der Waals surface area contributed by atoms with Crippen LogP contribution in [0.25, 0.3) is 0 Å². The van der Waals surface area contributed by atoms with E-state index in [9.17, 15) is 4.79 Å². The third-order valence-corrected chi connectivity index (χ3v) is 1.29. The molecular formula is C8H9N3O2. The van der Waals surface area contributed by atoms with Crippen molar-refractivity contribution in [2.45, 2.75) is 13.3 Å². The molecule has 5 heteroatoms. The van der Waals surface area contributed by atoms with Gasteiger partial charge in [0.25, 0.3) is 11.7 Å². The number of rotatable bonds is 3. The van der Waals surface area contributed by atoms with E-state index < -0.39 is 0 Å². The van der Waals surface area contributed by atoms with Crippen molar-refractivity contribution in [3.8, 4) is 12.3 Å². The number of aromatic nitrogens is 2. The van der Waals surface area contributed by atoms with Crippen molar-refractivity contribution in [3.05, 3.63) is 11.7 Å². The Kier molecular flexibility index (Phi) is 3.03. The molecule has 0 saturated heterocycles. The molecular weight excluding hydrogens is 170 g/mol. The average Bonchev–Trinajstić information content (AvgIpc) is 2.52. The van der Waals surface area contributed by atoms with E-state index in [1.807, 2.05) is 0 Å². The summed E-state index contributed by atoms with van der Waals surface area (Å²) in [5, 5.41) is 5.99. The van der Waals surface area contributed by atoms with Gasteiger partial charge in [-0.05, 0) is 0 Å². The summed E-state index contributed by atoms with van der Waals surface area (Å²) >= 11 is 0. The Labute approximate surface area is 75.5 Å². The van der Waals surface area contributed by atoms with Crippen LogP contribution in [0.2, 0.25) is 0 Å². The summed E-state index contributed by atoms with van der Waals surface area (Å²) in [5.74, 6) is 2.43. The summed E-state index contributed by atoms with van der Waals surface area (Å²) in [6.07, 6.45) is 5.50. The highest BCUT2D eigenvalue weighted by molar-refractivity contribution is 5.90. The highest BCUT2D eigenvalue weighted by atomic mass is 16.5. The number of nitrogens with one attached hydrogen (secondary N) is 1. The number of carbonyl (C=O) groups excluding carboxylic acids is 1. The van der Waals surface area contributed by atoms with Crippen molar-refractivity contribution in [1.82, 2.24) is 15.5 Å². The number of amides is 1. The van der Waals surface area contributed by atoms with Crippen molar-refractivity contribution in [2.24, 2.45) is 0 Å². The van der Waals surface area contributed by atoms with E-state index >= 15 is 0 Å². The SMILES string of the molecule is C#CCCNC(=O)c1noc(C)n1. The molecule has 1 N–H and O–H groups in total. The van der Waals surface area contributed by atoms with Gasteiger partial charge in [-0.2, -0.15) is 4.98 Å². The maximum Gasteiger partial charge on any atom is 0.292 e. The van der Waals surface area contributed by atoms with Crippen LogP contribution < -0.4 is 5.32 Å². The van der Waals surface area contributed by atoms with Gasteiger partial charge in [0.15, 0.2) is 0 Å². The minimum atomic E-state index is -0.368. The average molecular weight is 179 g/mol. The lowest BCUT2D eigenvalue weighted by Gasteiger charge is -1.96. The number of nitrogens with zero attached hydrogens (tertiary/aromatic N) is 2. The molecule has 0 aliphatic rings. The largest absolute Gasteiger partial charge is 0.348 e. The first-order valence-electron chi connectivity index (χ1n) is 3.76. The number of carbonyl (C=O) groups is 1. The monoisotopic (exact) mass is 179 g/mol. The van der Waals surface area contributed by atoms with Crippen LogP contribution in [-0.2, 0) is 0 Å². The van der Waals surface area contributed by atoms with Crippen molar-refractivity contribution >= 4 is 5.91 Å². The third-order valence-electron chi connectivity index (χ3n) is 1.29. The highest BCUT2D eigenvalue weighted by Crippen LogP contribution is 1.93. The summed E-state index contributed by atoms with van der Waals surface area (Å²) in [7, 11) is 0. The predicted molar refractivity (Wildman–Crippen MR) is 44.8 cm³/mol. The number of hydrogen-bond acceptors (Lipinski definition) is 4. The standard InChI is InChI=1S/C8H9N3O2/c1-3-4-5-9-8(12)7-10-6(2)13-11-7/h1H,4-5H2,2H3,(H,9,12). The predicted octanol–water partition coefficient (Wildman–Crippen LogP) is 0.131. The summed E-state index contributed by atoms with van der Waals surface area (Å²) in [6.45, 7) is 2.04.